The molecule has 1 saturated heterocycles. The number of rotatable bonds is 9. The Morgan fingerprint density at radius 3 is 2.58 bits per heavy atom. The number of benzene rings is 1. The molecule has 1 aliphatic heterocycles. The summed E-state index contributed by atoms with van der Waals surface area (Å²) in [6.07, 6.45) is 3.36. The summed E-state index contributed by atoms with van der Waals surface area (Å²) in [6.45, 7) is 3.16. The first-order chi connectivity index (χ1) is 17.1. The van der Waals surface area contributed by atoms with Gasteiger partial charge >= 0.3 is 0 Å². The third-order valence-electron chi connectivity index (χ3n) is 6.28. The average Bonchev–Trinajstić information content (AvgIpc) is 3.42. The Labute approximate surface area is 209 Å². The molecular formula is C25H29FN4O5S. The smallest absolute Gasteiger partial charge is 0.255 e. The van der Waals surface area contributed by atoms with Crippen LogP contribution in [-0.4, -0.2) is 63.1 Å². The molecule has 0 aliphatic carbocycles. The minimum atomic E-state index is -3.70. The first-order valence-electron chi connectivity index (χ1n) is 11.8. The Morgan fingerprint density at radius 2 is 2.00 bits per heavy atom. The van der Waals surface area contributed by atoms with E-state index >= 15 is 0 Å². The monoisotopic (exact) mass is 516 g/mol. The number of anilines is 1. The molecule has 36 heavy (non-hydrogen) atoms. The van der Waals surface area contributed by atoms with E-state index in [1.165, 1.54) is 35.6 Å². The molecule has 1 fully saturated rings. The fourth-order valence-electron chi connectivity index (χ4n) is 4.46. The number of carbonyl (C=O) groups excluding carboxylic acids is 2. The van der Waals surface area contributed by atoms with Crippen LogP contribution in [-0.2, 0) is 21.2 Å². The van der Waals surface area contributed by atoms with Crippen molar-refractivity contribution in [2.24, 2.45) is 0 Å². The van der Waals surface area contributed by atoms with Gasteiger partial charge in [0.1, 0.15) is 17.4 Å². The molecule has 0 radical (unpaired) electrons. The van der Waals surface area contributed by atoms with Crippen LogP contribution < -0.4 is 9.62 Å². The normalized spacial score (nSPS) is 14.0. The molecule has 9 nitrogen and oxygen atoms in total. The number of carbonyl (C=O) groups is 2. The Bertz CT molecular complexity index is 1400. The number of furan rings is 1. The van der Waals surface area contributed by atoms with Crippen molar-refractivity contribution in [3.05, 3.63) is 47.3 Å². The lowest BCUT2D eigenvalue weighted by Gasteiger charge is -2.24. The fourth-order valence-corrected chi connectivity index (χ4v) is 5.39. The molecular weight excluding hydrogens is 487 g/mol. The van der Waals surface area contributed by atoms with E-state index in [1.807, 2.05) is 6.92 Å². The van der Waals surface area contributed by atoms with Crippen LogP contribution in [0.5, 0.6) is 0 Å². The molecule has 3 aromatic rings. The molecule has 1 aliphatic rings. The molecule has 192 valence electrons. The summed E-state index contributed by atoms with van der Waals surface area (Å²) in [5.74, 6) is -0.303. The highest BCUT2D eigenvalue weighted by Gasteiger charge is 2.28. The zero-order valence-corrected chi connectivity index (χ0v) is 21.3. The van der Waals surface area contributed by atoms with Crippen molar-refractivity contribution >= 4 is 38.8 Å². The predicted molar refractivity (Wildman–Crippen MR) is 135 cm³/mol. The molecule has 2 aromatic heterocycles. The summed E-state index contributed by atoms with van der Waals surface area (Å²) >= 11 is 0. The number of amides is 2. The van der Waals surface area contributed by atoms with E-state index in [-0.39, 0.29) is 35.3 Å². The summed E-state index contributed by atoms with van der Waals surface area (Å²) in [5, 5.41) is 3.03. The molecule has 2 amide bonds. The summed E-state index contributed by atoms with van der Waals surface area (Å²) in [6, 6.07) is 7.26. The number of likely N-dealkylation sites (tertiary alicyclic amines) is 1. The third-order valence-corrected chi connectivity index (χ3v) is 7.43. The van der Waals surface area contributed by atoms with E-state index < -0.39 is 21.7 Å². The number of pyridine rings is 1. The van der Waals surface area contributed by atoms with Crippen molar-refractivity contribution in [3.63, 3.8) is 0 Å². The minimum absolute atomic E-state index is 0.0836. The number of nitrogens with one attached hydrogen (secondary N) is 1. The van der Waals surface area contributed by atoms with E-state index in [1.54, 1.807) is 11.0 Å². The second kappa shape index (κ2) is 10.3. The number of aryl methyl sites for hydroxylation is 1. The van der Waals surface area contributed by atoms with Gasteiger partial charge in [-0.3, -0.25) is 13.9 Å². The third kappa shape index (κ3) is 5.06. The quantitative estimate of drug-likeness (QED) is 0.467. The van der Waals surface area contributed by atoms with Gasteiger partial charge in [0.15, 0.2) is 0 Å². The molecule has 0 saturated carbocycles. The van der Waals surface area contributed by atoms with Gasteiger partial charge in [-0.2, -0.15) is 4.98 Å². The van der Waals surface area contributed by atoms with E-state index in [0.29, 0.717) is 48.9 Å². The number of fused-ring (bicyclic) bond motifs is 1. The molecule has 1 N–H and O–H groups in total. The second-order valence-corrected chi connectivity index (χ2v) is 10.6. The van der Waals surface area contributed by atoms with Crippen molar-refractivity contribution in [2.45, 2.75) is 32.6 Å². The highest BCUT2D eigenvalue weighted by molar-refractivity contribution is 7.92. The van der Waals surface area contributed by atoms with Gasteiger partial charge in [0, 0.05) is 38.7 Å². The first kappa shape index (κ1) is 25.6. The minimum Gasteiger partial charge on any atom is -0.437 e. The maximum absolute atomic E-state index is 13.5. The zero-order chi connectivity index (χ0) is 26.0. The number of sulfonamides is 1. The van der Waals surface area contributed by atoms with Gasteiger partial charge in [0.2, 0.25) is 21.6 Å². The van der Waals surface area contributed by atoms with Gasteiger partial charge in [-0.1, -0.05) is 6.92 Å². The molecule has 1 aromatic carbocycles. The topological polar surface area (TPSA) is 113 Å². The van der Waals surface area contributed by atoms with Gasteiger partial charge in [0.05, 0.1) is 17.2 Å². The molecule has 0 bridgehead atoms. The maximum Gasteiger partial charge on any atom is 0.255 e. The van der Waals surface area contributed by atoms with Crippen LogP contribution in [0.1, 0.15) is 42.1 Å². The first-order valence-corrected chi connectivity index (χ1v) is 13.7. The van der Waals surface area contributed by atoms with Crippen molar-refractivity contribution in [1.82, 2.24) is 15.2 Å². The standard InChI is InChI=1S/C25H29FN4O5S/c1-4-16-15-19-21(24(32)27-2)22(17-8-10-18(26)11-9-17)35-25(19)28-23(16)30(36(3,33)34)14-6-13-29-12-5-7-20(29)31/h8-11,15H,4-7,12-14H2,1-3H3,(H,27,32). The molecule has 0 atom stereocenters. The maximum atomic E-state index is 13.5. The van der Waals surface area contributed by atoms with Crippen molar-refractivity contribution in [2.75, 3.05) is 37.2 Å². The molecule has 11 heteroatoms. The largest absolute Gasteiger partial charge is 0.437 e. The average molecular weight is 517 g/mol. The molecule has 4 rings (SSSR count). The predicted octanol–water partition coefficient (Wildman–Crippen LogP) is 3.33. The van der Waals surface area contributed by atoms with Crippen molar-refractivity contribution in [3.8, 4) is 11.3 Å². The zero-order valence-electron chi connectivity index (χ0n) is 20.5. The van der Waals surface area contributed by atoms with Crippen LogP contribution >= 0.6 is 0 Å². The van der Waals surface area contributed by atoms with E-state index in [2.05, 4.69) is 10.3 Å². The lowest BCUT2D eigenvalue weighted by molar-refractivity contribution is -0.127. The lowest BCUT2D eigenvalue weighted by Crippen LogP contribution is -2.35. The molecule has 3 heterocycles. The van der Waals surface area contributed by atoms with Crippen LogP contribution in [0.4, 0.5) is 10.2 Å². The summed E-state index contributed by atoms with van der Waals surface area (Å²) < 4.78 is 46.3. The van der Waals surface area contributed by atoms with E-state index in [9.17, 15) is 22.4 Å². The molecule has 0 spiro atoms. The highest BCUT2D eigenvalue weighted by Crippen LogP contribution is 2.36. The Hall–Kier alpha value is -3.47. The van der Waals surface area contributed by atoms with Gasteiger partial charge in [-0.15, -0.1) is 0 Å². The van der Waals surface area contributed by atoms with Crippen LogP contribution in [0.25, 0.3) is 22.4 Å². The van der Waals surface area contributed by atoms with Crippen LogP contribution in [0.15, 0.2) is 34.7 Å². The Balaban J connectivity index is 1.78. The lowest BCUT2D eigenvalue weighted by atomic mass is 10.0. The second-order valence-electron chi connectivity index (χ2n) is 8.74. The van der Waals surface area contributed by atoms with Gasteiger partial charge in [0.25, 0.3) is 5.91 Å². The number of hydrogen-bond donors (Lipinski definition) is 1. The van der Waals surface area contributed by atoms with Gasteiger partial charge in [-0.05, 0) is 55.2 Å². The summed E-state index contributed by atoms with van der Waals surface area (Å²) in [7, 11) is -2.21. The van der Waals surface area contributed by atoms with Crippen LogP contribution in [0.3, 0.4) is 0 Å². The Morgan fingerprint density at radius 1 is 1.28 bits per heavy atom. The van der Waals surface area contributed by atoms with Crippen LogP contribution in [0.2, 0.25) is 0 Å². The summed E-state index contributed by atoms with van der Waals surface area (Å²) in [4.78, 5) is 31.0. The van der Waals surface area contributed by atoms with Crippen LogP contribution in [0, 0.1) is 5.82 Å². The summed E-state index contributed by atoms with van der Waals surface area (Å²) in [5.41, 5.74) is 1.46. The Kier molecular flexibility index (Phi) is 7.30. The van der Waals surface area contributed by atoms with Gasteiger partial charge < -0.3 is 14.6 Å². The molecule has 0 unspecified atom stereocenters. The highest BCUT2D eigenvalue weighted by atomic mass is 32.2. The number of hydrogen-bond acceptors (Lipinski definition) is 6. The van der Waals surface area contributed by atoms with E-state index in [4.69, 9.17) is 4.42 Å². The SMILES string of the molecule is CCc1cc2c(C(=O)NC)c(-c3ccc(F)cc3)oc2nc1N(CCCN1CCCC1=O)S(C)(=O)=O. The number of aromatic nitrogens is 1. The van der Waals surface area contributed by atoms with Crippen molar-refractivity contribution in [1.29, 1.82) is 0 Å². The van der Waals surface area contributed by atoms with E-state index in [0.717, 1.165) is 12.7 Å². The number of halogens is 1. The van der Waals surface area contributed by atoms with Crippen molar-refractivity contribution < 1.29 is 26.8 Å². The fraction of sp³-hybridized carbons (Fsp3) is 0.400. The van der Waals surface area contributed by atoms with Gasteiger partial charge in [-0.25, -0.2) is 12.8 Å². The number of nitrogens with zero attached hydrogens (tertiary/aromatic N) is 3.